The quantitative estimate of drug-likeness (QED) is 0.195. The summed E-state index contributed by atoms with van der Waals surface area (Å²) < 4.78 is 11.3. The van der Waals surface area contributed by atoms with Crippen molar-refractivity contribution in [2.24, 2.45) is 0 Å². The molecule has 2 N–H and O–H groups in total. The molecule has 0 aliphatic carbocycles. The van der Waals surface area contributed by atoms with Crippen LogP contribution in [0.1, 0.15) is 119 Å². The highest BCUT2D eigenvalue weighted by atomic mass is 33.2. The van der Waals surface area contributed by atoms with Gasteiger partial charge >= 0.3 is 5.97 Å². The minimum absolute atomic E-state index is 0.187. The Bertz CT molecular complexity index is 1300. The number of hydrogen-bond acceptors (Lipinski definition) is 6. The summed E-state index contributed by atoms with van der Waals surface area (Å²) in [6, 6.07) is 8.92. The molecule has 254 valence electrons. The number of rotatable bonds is 10. The summed E-state index contributed by atoms with van der Waals surface area (Å²) in [5.74, 6) is 1.23. The predicted octanol–water partition coefficient (Wildman–Crippen LogP) is 9.16. The van der Waals surface area contributed by atoms with Crippen LogP contribution in [0.4, 0.5) is 0 Å². The summed E-state index contributed by atoms with van der Waals surface area (Å²) in [5.41, 5.74) is 3.08. The number of carbonyl (C=O) groups excluding carboxylic acids is 2. The van der Waals surface area contributed by atoms with E-state index in [1.165, 1.54) is 4.90 Å². The Morgan fingerprint density at radius 2 is 1.22 bits per heavy atom. The van der Waals surface area contributed by atoms with Crippen LogP contribution in [0, 0.1) is 0 Å². The van der Waals surface area contributed by atoms with Crippen LogP contribution < -0.4 is 10.1 Å². The third-order valence-electron chi connectivity index (χ3n) is 7.79. The Morgan fingerprint density at radius 1 is 0.778 bits per heavy atom. The molecule has 0 aliphatic rings. The van der Waals surface area contributed by atoms with Gasteiger partial charge in [-0.25, -0.2) is 0 Å². The molecule has 0 aliphatic heterocycles. The molecular weight excluding hydrogens is 603 g/mol. The maximum atomic E-state index is 12.7. The van der Waals surface area contributed by atoms with Crippen molar-refractivity contribution in [1.29, 1.82) is 0 Å². The number of aromatic hydroxyl groups is 1. The fraction of sp³-hybridized carbons (Fsp3) is 0.622. The van der Waals surface area contributed by atoms with Crippen molar-refractivity contribution in [3.8, 4) is 11.5 Å². The number of nitrogens with one attached hydrogen (secondary N) is 1. The molecule has 1 atom stereocenters. The van der Waals surface area contributed by atoms with Gasteiger partial charge in [-0.1, -0.05) is 101 Å². The van der Waals surface area contributed by atoms with Gasteiger partial charge in [0.1, 0.15) is 18.0 Å². The third-order valence-corrected chi connectivity index (χ3v) is 13.9. The number of benzene rings is 2. The second-order valence-electron chi connectivity index (χ2n) is 16.0. The van der Waals surface area contributed by atoms with E-state index < -0.39 is 15.0 Å². The molecule has 2 rings (SSSR count). The van der Waals surface area contributed by atoms with Gasteiger partial charge in [0, 0.05) is 27.1 Å². The van der Waals surface area contributed by atoms with Gasteiger partial charge in [-0.3, -0.25) is 9.59 Å². The molecule has 6 nitrogen and oxygen atoms in total. The molecule has 1 unspecified atom stereocenters. The van der Waals surface area contributed by atoms with E-state index in [-0.39, 0.29) is 47.3 Å². The third kappa shape index (κ3) is 10.1. The molecular formula is C37H59NO5S2. The standard InChI is InChI=1S/C37H59NO5S2/c1-16-42-31(40)22-38-30(39)23-43-33-28(36(9,10)11)20-25(21-29(33)37(12,13)14)45(15,17-2)44-24-18-26(34(3,4)5)32(41)27(19-24)35(6,7)8/h18-21,41H,16-17,22-23H2,1-15H3,(H,38,39). The van der Waals surface area contributed by atoms with E-state index in [2.05, 4.69) is 126 Å². The molecule has 0 fully saturated rings. The van der Waals surface area contributed by atoms with Crippen LogP contribution in [0.15, 0.2) is 34.1 Å². The van der Waals surface area contributed by atoms with Gasteiger partial charge in [0.25, 0.3) is 5.91 Å². The molecule has 0 radical (unpaired) electrons. The van der Waals surface area contributed by atoms with Crippen LogP contribution in [-0.2, 0) is 36.0 Å². The van der Waals surface area contributed by atoms with E-state index in [4.69, 9.17) is 9.47 Å². The van der Waals surface area contributed by atoms with Crippen LogP contribution in [0.3, 0.4) is 0 Å². The monoisotopic (exact) mass is 661 g/mol. The van der Waals surface area contributed by atoms with Crippen molar-refractivity contribution >= 4 is 31.7 Å². The molecule has 0 heterocycles. The van der Waals surface area contributed by atoms with Crippen molar-refractivity contribution < 1.29 is 24.2 Å². The smallest absolute Gasteiger partial charge is 0.325 e. The number of ether oxygens (including phenoxy) is 2. The Balaban J connectivity index is 2.70. The molecule has 0 aromatic heterocycles. The van der Waals surface area contributed by atoms with Gasteiger partial charge in [-0.2, -0.15) is 9.06 Å². The van der Waals surface area contributed by atoms with Crippen LogP contribution in [0.25, 0.3) is 0 Å². The molecule has 2 aromatic carbocycles. The first-order valence-electron chi connectivity index (χ1n) is 15.9. The zero-order valence-corrected chi connectivity index (χ0v) is 32.2. The van der Waals surface area contributed by atoms with Gasteiger partial charge in [0.05, 0.1) is 6.61 Å². The largest absolute Gasteiger partial charge is 0.507 e. The predicted molar refractivity (Wildman–Crippen MR) is 193 cm³/mol. The van der Waals surface area contributed by atoms with Gasteiger partial charge < -0.3 is 19.9 Å². The maximum absolute atomic E-state index is 12.7. The molecule has 45 heavy (non-hydrogen) atoms. The summed E-state index contributed by atoms with van der Waals surface area (Å²) in [6.45, 7) is 29.8. The average molecular weight is 662 g/mol. The molecule has 8 heteroatoms. The number of phenols is 1. The first kappa shape index (κ1) is 38.9. The Hall–Kier alpha value is -2.32. The van der Waals surface area contributed by atoms with E-state index in [1.54, 1.807) is 6.92 Å². The van der Waals surface area contributed by atoms with Crippen LogP contribution >= 0.6 is 19.9 Å². The Morgan fingerprint density at radius 3 is 1.60 bits per heavy atom. The van der Waals surface area contributed by atoms with Crippen molar-refractivity contribution in [2.75, 3.05) is 31.8 Å². The van der Waals surface area contributed by atoms with Gasteiger partial charge in [-0.15, -0.1) is 0 Å². The number of phenolic OH excluding ortho intramolecular Hbond substituents is 1. The summed E-state index contributed by atoms with van der Waals surface area (Å²) >= 11 is 0. The van der Waals surface area contributed by atoms with E-state index in [1.807, 2.05) is 10.8 Å². The molecule has 0 saturated carbocycles. The van der Waals surface area contributed by atoms with Crippen LogP contribution in [0.2, 0.25) is 0 Å². The number of carbonyl (C=O) groups is 2. The van der Waals surface area contributed by atoms with Crippen molar-refractivity contribution in [3.05, 3.63) is 46.5 Å². The van der Waals surface area contributed by atoms with E-state index in [9.17, 15) is 14.7 Å². The van der Waals surface area contributed by atoms with E-state index in [0.717, 1.165) is 38.7 Å². The minimum atomic E-state index is -1.43. The number of amides is 1. The summed E-state index contributed by atoms with van der Waals surface area (Å²) in [6.07, 6.45) is 2.37. The first-order chi connectivity index (χ1) is 20.3. The molecule has 1 amide bonds. The lowest BCUT2D eigenvalue weighted by Crippen LogP contribution is -2.34. The van der Waals surface area contributed by atoms with E-state index in [0.29, 0.717) is 5.75 Å². The average Bonchev–Trinajstić information content (AvgIpc) is 2.88. The zero-order chi connectivity index (χ0) is 34.8. The normalized spacial score (nSPS) is 14.8. The maximum Gasteiger partial charge on any atom is 0.325 e. The number of hydrogen-bond donors (Lipinski definition) is 2. The topological polar surface area (TPSA) is 84.9 Å². The first-order valence-corrected chi connectivity index (χ1v) is 19.5. The lowest BCUT2D eigenvalue weighted by molar-refractivity contribution is -0.143. The Kier molecular flexibility index (Phi) is 12.3. The lowest BCUT2D eigenvalue weighted by atomic mass is 9.79. The van der Waals surface area contributed by atoms with E-state index >= 15 is 0 Å². The zero-order valence-electron chi connectivity index (χ0n) is 30.5. The summed E-state index contributed by atoms with van der Waals surface area (Å²) in [5, 5.41) is 14.0. The summed E-state index contributed by atoms with van der Waals surface area (Å²) in [7, 11) is 0.478. The fourth-order valence-corrected chi connectivity index (χ4v) is 9.51. The molecule has 2 aromatic rings. The second kappa shape index (κ2) is 14.2. The summed E-state index contributed by atoms with van der Waals surface area (Å²) in [4.78, 5) is 26.9. The lowest BCUT2D eigenvalue weighted by Gasteiger charge is -2.39. The molecule has 0 saturated heterocycles. The second-order valence-corrected chi connectivity index (χ2v) is 22.4. The van der Waals surface area contributed by atoms with Crippen LogP contribution in [0.5, 0.6) is 11.5 Å². The van der Waals surface area contributed by atoms with Gasteiger partial charge in [0.2, 0.25) is 0 Å². The Labute approximate surface area is 278 Å². The molecule has 0 spiro atoms. The van der Waals surface area contributed by atoms with Crippen molar-refractivity contribution in [1.82, 2.24) is 5.32 Å². The highest BCUT2D eigenvalue weighted by molar-refractivity contribution is 8.94. The molecule has 0 bridgehead atoms. The van der Waals surface area contributed by atoms with Gasteiger partial charge in [0.15, 0.2) is 6.61 Å². The highest BCUT2D eigenvalue weighted by Gasteiger charge is 2.33. The van der Waals surface area contributed by atoms with Gasteiger partial charge in [-0.05, 0) is 69.8 Å². The fourth-order valence-electron chi connectivity index (χ4n) is 4.98. The van der Waals surface area contributed by atoms with Crippen molar-refractivity contribution in [3.63, 3.8) is 0 Å². The number of esters is 1. The van der Waals surface area contributed by atoms with Crippen LogP contribution in [-0.4, -0.2) is 48.8 Å². The minimum Gasteiger partial charge on any atom is -0.507 e. The highest BCUT2D eigenvalue weighted by Crippen LogP contribution is 2.67. The SMILES string of the molecule is CCOC(=O)CNC(=O)COc1c(C(C)(C)C)cc(S(C)(CC)Sc2cc(C(C)(C)C)c(O)c(C(C)(C)C)c2)cc1C(C)(C)C. The van der Waals surface area contributed by atoms with Crippen molar-refractivity contribution in [2.45, 2.75) is 128 Å².